The number of hydrogen-bond acceptors (Lipinski definition) is 5. The topological polar surface area (TPSA) is 78.7 Å². The molecule has 0 unspecified atom stereocenters. The molecule has 3 rings (SSSR count). The van der Waals surface area contributed by atoms with Gasteiger partial charge in [-0.05, 0) is 28.8 Å². The molecule has 3 aromatic carbocycles. The van der Waals surface area contributed by atoms with Crippen molar-refractivity contribution in [2.24, 2.45) is 0 Å². The third-order valence-electron chi connectivity index (χ3n) is 4.12. The second-order valence-electron chi connectivity index (χ2n) is 6.10. The van der Waals surface area contributed by atoms with Crippen molar-refractivity contribution in [2.75, 3.05) is 6.61 Å². The summed E-state index contributed by atoms with van der Waals surface area (Å²) in [6.45, 7) is -0.178. The lowest BCUT2D eigenvalue weighted by molar-refractivity contribution is -0.384. The lowest BCUT2D eigenvalue weighted by Gasteiger charge is -2.18. The maximum atomic E-state index is 12.1. The summed E-state index contributed by atoms with van der Waals surface area (Å²) in [6, 6.07) is 25.2. The van der Waals surface area contributed by atoms with Crippen LogP contribution in [0.5, 0.6) is 0 Å². The van der Waals surface area contributed by atoms with Gasteiger partial charge in [-0.1, -0.05) is 60.7 Å². The predicted molar refractivity (Wildman–Crippen MR) is 104 cm³/mol. The normalized spacial score (nSPS) is 10.6. The fourth-order valence-corrected chi connectivity index (χ4v) is 2.71. The molecule has 0 aromatic heterocycles. The van der Waals surface area contributed by atoms with Crippen molar-refractivity contribution in [1.29, 1.82) is 0 Å². The van der Waals surface area contributed by atoms with E-state index in [0.29, 0.717) is 5.56 Å². The van der Waals surface area contributed by atoms with Crippen LogP contribution in [0, 0.1) is 10.1 Å². The second-order valence-corrected chi connectivity index (χ2v) is 6.10. The van der Waals surface area contributed by atoms with Crippen LogP contribution in [0.4, 0.5) is 5.69 Å². The summed E-state index contributed by atoms with van der Waals surface area (Å²) in [5.41, 5.74) is 2.54. The van der Waals surface area contributed by atoms with Crippen molar-refractivity contribution in [3.05, 3.63) is 112 Å². The van der Waals surface area contributed by atoms with Crippen molar-refractivity contribution in [2.45, 2.75) is 12.7 Å². The fraction of sp³-hybridized carbons (Fsp3) is 0.136. The van der Waals surface area contributed by atoms with E-state index < -0.39 is 10.9 Å². The first-order valence-electron chi connectivity index (χ1n) is 8.74. The quantitative estimate of drug-likeness (QED) is 0.329. The van der Waals surface area contributed by atoms with E-state index in [2.05, 4.69) is 0 Å². The maximum absolute atomic E-state index is 12.1. The number of carbonyl (C=O) groups is 1. The molecule has 0 heterocycles. The number of nitro benzene ring substituents is 1. The van der Waals surface area contributed by atoms with Crippen LogP contribution in [0.25, 0.3) is 0 Å². The highest BCUT2D eigenvalue weighted by molar-refractivity contribution is 5.70. The van der Waals surface area contributed by atoms with Crippen molar-refractivity contribution < 1.29 is 19.2 Å². The van der Waals surface area contributed by atoms with E-state index in [1.807, 2.05) is 60.7 Å². The first-order chi connectivity index (χ1) is 13.6. The van der Waals surface area contributed by atoms with Crippen LogP contribution < -0.4 is 0 Å². The van der Waals surface area contributed by atoms with Gasteiger partial charge in [-0.2, -0.15) is 0 Å². The van der Waals surface area contributed by atoms with Crippen molar-refractivity contribution >= 4 is 11.7 Å². The van der Waals surface area contributed by atoms with Gasteiger partial charge in [0.25, 0.3) is 5.69 Å². The van der Waals surface area contributed by atoms with E-state index in [1.54, 1.807) is 12.1 Å². The summed E-state index contributed by atoms with van der Waals surface area (Å²) in [6.07, 6.45) is -0.380. The number of ether oxygens (including phenoxy) is 2. The molecular formula is C22H19NO5. The number of non-ortho nitro benzene ring substituents is 1. The van der Waals surface area contributed by atoms with Gasteiger partial charge in [0.05, 0.1) is 4.92 Å². The molecule has 28 heavy (non-hydrogen) atoms. The zero-order valence-corrected chi connectivity index (χ0v) is 15.1. The van der Waals surface area contributed by atoms with E-state index in [0.717, 1.165) is 11.1 Å². The summed E-state index contributed by atoms with van der Waals surface area (Å²) >= 11 is 0. The minimum Gasteiger partial charge on any atom is -0.459 e. The van der Waals surface area contributed by atoms with Crippen LogP contribution in [0.1, 0.15) is 22.8 Å². The Kier molecular flexibility index (Phi) is 6.49. The predicted octanol–water partition coefficient (Wildman–Crippen LogP) is 4.44. The molecule has 0 fully saturated rings. The number of nitro groups is 1. The van der Waals surface area contributed by atoms with Crippen LogP contribution in [-0.2, 0) is 20.9 Å². The molecule has 0 spiro atoms. The van der Waals surface area contributed by atoms with Gasteiger partial charge in [-0.15, -0.1) is 0 Å². The average Bonchev–Trinajstić information content (AvgIpc) is 2.74. The van der Waals surface area contributed by atoms with Gasteiger partial charge >= 0.3 is 5.97 Å². The van der Waals surface area contributed by atoms with Gasteiger partial charge in [0.1, 0.15) is 19.3 Å². The van der Waals surface area contributed by atoms with Crippen LogP contribution >= 0.6 is 0 Å². The molecule has 0 N–H and O–H groups in total. The average molecular weight is 377 g/mol. The Bertz CT molecular complexity index is 871. The molecule has 0 radical (unpaired) electrons. The van der Waals surface area contributed by atoms with E-state index in [1.165, 1.54) is 12.1 Å². The standard InChI is InChI=1S/C22H19NO5/c24-21(27-15-17-11-13-20(14-12-17)23(25)26)16-28-22(18-7-3-1-4-8-18)19-9-5-2-6-10-19/h1-14,22H,15-16H2. The molecule has 0 aliphatic heterocycles. The second kappa shape index (κ2) is 9.43. The lowest BCUT2D eigenvalue weighted by atomic mass is 10.0. The molecule has 0 bridgehead atoms. The minimum absolute atomic E-state index is 0.00743. The molecule has 0 saturated heterocycles. The summed E-state index contributed by atoms with van der Waals surface area (Å²) in [4.78, 5) is 22.3. The summed E-state index contributed by atoms with van der Waals surface area (Å²) in [5.74, 6) is -0.504. The summed E-state index contributed by atoms with van der Waals surface area (Å²) in [5, 5.41) is 10.7. The SMILES string of the molecule is O=C(COC(c1ccccc1)c1ccccc1)OCc1ccc([N+](=O)[O-])cc1. The van der Waals surface area contributed by atoms with E-state index in [-0.39, 0.29) is 25.0 Å². The van der Waals surface area contributed by atoms with Gasteiger partial charge < -0.3 is 9.47 Å². The Balaban J connectivity index is 1.58. The zero-order chi connectivity index (χ0) is 19.8. The lowest BCUT2D eigenvalue weighted by Crippen LogP contribution is -2.16. The smallest absolute Gasteiger partial charge is 0.332 e. The highest BCUT2D eigenvalue weighted by Crippen LogP contribution is 2.25. The first-order valence-corrected chi connectivity index (χ1v) is 8.74. The number of rotatable bonds is 8. The molecule has 0 atom stereocenters. The van der Waals surface area contributed by atoms with E-state index in [4.69, 9.17) is 9.47 Å². The highest BCUT2D eigenvalue weighted by atomic mass is 16.6. The molecule has 6 heteroatoms. The van der Waals surface area contributed by atoms with Crippen LogP contribution in [0.3, 0.4) is 0 Å². The Morgan fingerprint density at radius 2 is 1.39 bits per heavy atom. The van der Waals surface area contributed by atoms with E-state index in [9.17, 15) is 14.9 Å². The Morgan fingerprint density at radius 1 is 0.857 bits per heavy atom. The van der Waals surface area contributed by atoms with Crippen molar-refractivity contribution in [1.82, 2.24) is 0 Å². The largest absolute Gasteiger partial charge is 0.459 e. The molecular weight excluding hydrogens is 358 g/mol. The van der Waals surface area contributed by atoms with Crippen LogP contribution in [-0.4, -0.2) is 17.5 Å². The number of hydrogen-bond donors (Lipinski definition) is 0. The number of esters is 1. The number of benzene rings is 3. The molecule has 0 amide bonds. The third kappa shape index (κ3) is 5.25. The first kappa shape index (κ1) is 19.3. The zero-order valence-electron chi connectivity index (χ0n) is 15.1. The molecule has 6 nitrogen and oxygen atoms in total. The maximum Gasteiger partial charge on any atom is 0.332 e. The van der Waals surface area contributed by atoms with Gasteiger partial charge in [0.15, 0.2) is 0 Å². The monoisotopic (exact) mass is 377 g/mol. The van der Waals surface area contributed by atoms with Crippen LogP contribution in [0.2, 0.25) is 0 Å². The van der Waals surface area contributed by atoms with Crippen LogP contribution in [0.15, 0.2) is 84.9 Å². The Hall–Kier alpha value is -3.51. The third-order valence-corrected chi connectivity index (χ3v) is 4.12. The fourth-order valence-electron chi connectivity index (χ4n) is 2.71. The van der Waals surface area contributed by atoms with Gasteiger partial charge in [-0.3, -0.25) is 10.1 Å². The van der Waals surface area contributed by atoms with Gasteiger partial charge in [-0.25, -0.2) is 4.79 Å². The Morgan fingerprint density at radius 3 is 1.89 bits per heavy atom. The van der Waals surface area contributed by atoms with E-state index >= 15 is 0 Å². The van der Waals surface area contributed by atoms with Gasteiger partial charge in [0, 0.05) is 12.1 Å². The Labute approximate surface area is 162 Å². The summed E-state index contributed by atoms with van der Waals surface area (Å²) < 4.78 is 11.1. The highest BCUT2D eigenvalue weighted by Gasteiger charge is 2.16. The number of carbonyl (C=O) groups excluding carboxylic acids is 1. The van der Waals surface area contributed by atoms with Gasteiger partial charge in [0.2, 0.25) is 0 Å². The molecule has 0 aliphatic carbocycles. The molecule has 142 valence electrons. The summed E-state index contributed by atoms with van der Waals surface area (Å²) in [7, 11) is 0. The molecule has 0 aliphatic rings. The van der Waals surface area contributed by atoms with Crippen molar-refractivity contribution in [3.63, 3.8) is 0 Å². The number of nitrogens with zero attached hydrogens (tertiary/aromatic N) is 1. The minimum atomic E-state index is -0.504. The van der Waals surface area contributed by atoms with Crippen molar-refractivity contribution in [3.8, 4) is 0 Å². The molecule has 0 saturated carbocycles. The molecule has 3 aromatic rings.